The highest BCUT2D eigenvalue weighted by atomic mass is 16.1. The van der Waals surface area contributed by atoms with E-state index in [-0.39, 0.29) is 0 Å². The minimum atomic E-state index is 0.414. The van der Waals surface area contributed by atoms with E-state index in [2.05, 4.69) is 26.0 Å². The summed E-state index contributed by atoms with van der Waals surface area (Å²) in [5.74, 6) is 3.62. The zero-order valence-electron chi connectivity index (χ0n) is 13.0. The van der Waals surface area contributed by atoms with Crippen LogP contribution in [0.5, 0.6) is 0 Å². The second-order valence-corrected chi connectivity index (χ2v) is 8.62. The summed E-state index contributed by atoms with van der Waals surface area (Å²) in [5, 5.41) is 0. The van der Waals surface area contributed by atoms with Crippen LogP contribution in [0.15, 0.2) is 12.2 Å². The average Bonchev–Trinajstić information content (AvgIpc) is 2.81. The molecule has 3 fully saturated rings. The van der Waals surface area contributed by atoms with Crippen LogP contribution in [0.2, 0.25) is 0 Å². The first-order chi connectivity index (χ1) is 9.53. The van der Waals surface area contributed by atoms with E-state index >= 15 is 0 Å². The van der Waals surface area contributed by atoms with Crippen molar-refractivity contribution in [1.29, 1.82) is 0 Å². The van der Waals surface area contributed by atoms with Gasteiger partial charge in [-0.1, -0.05) is 32.4 Å². The second-order valence-electron chi connectivity index (χ2n) is 8.62. The van der Waals surface area contributed by atoms with Crippen LogP contribution in [0.25, 0.3) is 0 Å². The Morgan fingerprint density at radius 2 is 1.90 bits per heavy atom. The number of hydrogen-bond acceptors (Lipinski definition) is 1. The SMILES string of the molecule is C[C@@]12CCC[C@H]1[C@@H]1C=CC3CC(=O)CC[C@]3(C)[C@H]1CC2. The van der Waals surface area contributed by atoms with Gasteiger partial charge < -0.3 is 0 Å². The predicted octanol–water partition coefficient (Wildman–Crippen LogP) is 4.76. The molecule has 0 aromatic rings. The van der Waals surface area contributed by atoms with Gasteiger partial charge >= 0.3 is 0 Å². The molecule has 6 atom stereocenters. The largest absolute Gasteiger partial charge is 0.300 e. The average molecular weight is 272 g/mol. The van der Waals surface area contributed by atoms with Gasteiger partial charge in [-0.15, -0.1) is 0 Å². The number of ketones is 1. The molecular weight excluding hydrogens is 244 g/mol. The van der Waals surface area contributed by atoms with Crippen molar-refractivity contribution in [2.45, 2.75) is 65.2 Å². The fourth-order valence-electron chi connectivity index (χ4n) is 6.41. The van der Waals surface area contributed by atoms with Gasteiger partial charge in [-0.25, -0.2) is 0 Å². The smallest absolute Gasteiger partial charge is 0.133 e. The molecule has 3 saturated carbocycles. The Bertz CT molecular complexity index is 464. The van der Waals surface area contributed by atoms with Crippen LogP contribution in [0.3, 0.4) is 0 Å². The molecule has 0 aromatic carbocycles. The van der Waals surface area contributed by atoms with Crippen molar-refractivity contribution in [3.05, 3.63) is 12.2 Å². The molecule has 1 nitrogen and oxygen atoms in total. The highest BCUT2D eigenvalue weighted by Crippen LogP contribution is 2.64. The summed E-state index contributed by atoms with van der Waals surface area (Å²) in [5.41, 5.74) is 1.04. The zero-order chi connectivity index (χ0) is 14.0. The Kier molecular flexibility index (Phi) is 2.76. The Labute approximate surface area is 123 Å². The Hall–Kier alpha value is -0.590. The van der Waals surface area contributed by atoms with E-state index in [1.165, 1.54) is 32.1 Å². The summed E-state index contributed by atoms with van der Waals surface area (Å²) < 4.78 is 0. The maximum Gasteiger partial charge on any atom is 0.133 e. The lowest BCUT2D eigenvalue weighted by molar-refractivity contribution is -0.128. The zero-order valence-corrected chi connectivity index (χ0v) is 13.0. The molecule has 0 N–H and O–H groups in total. The van der Waals surface area contributed by atoms with E-state index < -0.39 is 0 Å². The third kappa shape index (κ3) is 1.64. The molecule has 0 saturated heterocycles. The molecule has 110 valence electrons. The second kappa shape index (κ2) is 4.21. The van der Waals surface area contributed by atoms with E-state index in [1.54, 1.807) is 0 Å². The summed E-state index contributed by atoms with van der Waals surface area (Å²) in [6.45, 7) is 5.05. The van der Waals surface area contributed by atoms with Gasteiger partial charge in [0.25, 0.3) is 0 Å². The highest BCUT2D eigenvalue weighted by Gasteiger charge is 2.56. The number of Topliss-reactive ketones (excluding diaryl/α,β-unsaturated/α-hetero) is 1. The van der Waals surface area contributed by atoms with E-state index in [0.29, 0.717) is 22.5 Å². The van der Waals surface area contributed by atoms with E-state index in [1.807, 2.05) is 0 Å². The molecule has 1 unspecified atom stereocenters. The number of allylic oxidation sites excluding steroid dienone is 2. The van der Waals surface area contributed by atoms with E-state index in [0.717, 1.165) is 37.0 Å². The van der Waals surface area contributed by atoms with Crippen LogP contribution in [-0.2, 0) is 4.79 Å². The first-order valence-corrected chi connectivity index (χ1v) is 8.73. The first-order valence-electron chi connectivity index (χ1n) is 8.73. The minimum Gasteiger partial charge on any atom is -0.300 e. The molecular formula is C19H28O. The van der Waals surface area contributed by atoms with E-state index in [9.17, 15) is 4.79 Å². The van der Waals surface area contributed by atoms with Crippen molar-refractivity contribution in [3.8, 4) is 0 Å². The maximum atomic E-state index is 11.8. The Morgan fingerprint density at radius 1 is 1.05 bits per heavy atom. The summed E-state index contributed by atoms with van der Waals surface area (Å²) in [6, 6.07) is 0. The van der Waals surface area contributed by atoms with Crippen LogP contribution in [0.1, 0.15) is 65.2 Å². The molecule has 0 bridgehead atoms. The molecule has 20 heavy (non-hydrogen) atoms. The fourth-order valence-corrected chi connectivity index (χ4v) is 6.41. The van der Waals surface area contributed by atoms with Crippen LogP contribution in [0.4, 0.5) is 0 Å². The van der Waals surface area contributed by atoms with Crippen molar-refractivity contribution < 1.29 is 4.79 Å². The van der Waals surface area contributed by atoms with Crippen molar-refractivity contribution in [3.63, 3.8) is 0 Å². The van der Waals surface area contributed by atoms with Crippen LogP contribution in [0, 0.1) is 34.5 Å². The molecule has 0 radical (unpaired) electrons. The minimum absolute atomic E-state index is 0.414. The number of carbonyl (C=O) groups is 1. The van der Waals surface area contributed by atoms with Gasteiger partial charge in [0.2, 0.25) is 0 Å². The number of carbonyl (C=O) groups excluding carboxylic acids is 1. The van der Waals surface area contributed by atoms with Crippen molar-refractivity contribution in [2.75, 3.05) is 0 Å². The summed E-state index contributed by atoms with van der Waals surface area (Å²) in [7, 11) is 0. The highest BCUT2D eigenvalue weighted by molar-refractivity contribution is 5.80. The monoisotopic (exact) mass is 272 g/mol. The number of rotatable bonds is 0. The van der Waals surface area contributed by atoms with Gasteiger partial charge in [0.05, 0.1) is 0 Å². The van der Waals surface area contributed by atoms with Crippen LogP contribution < -0.4 is 0 Å². The third-order valence-corrected chi connectivity index (χ3v) is 7.76. The lowest BCUT2D eigenvalue weighted by Gasteiger charge is -2.57. The third-order valence-electron chi connectivity index (χ3n) is 7.76. The topological polar surface area (TPSA) is 17.1 Å². The summed E-state index contributed by atoms with van der Waals surface area (Å²) >= 11 is 0. The maximum absolute atomic E-state index is 11.8. The van der Waals surface area contributed by atoms with Gasteiger partial charge in [0, 0.05) is 12.8 Å². The number of hydrogen-bond donors (Lipinski definition) is 0. The molecule has 4 aliphatic carbocycles. The van der Waals surface area contributed by atoms with Gasteiger partial charge in [-0.3, -0.25) is 4.79 Å². The fraction of sp³-hybridized carbons (Fsp3) is 0.842. The predicted molar refractivity (Wildman–Crippen MR) is 81.3 cm³/mol. The van der Waals surface area contributed by atoms with Gasteiger partial charge in [0.15, 0.2) is 0 Å². The Morgan fingerprint density at radius 3 is 2.75 bits per heavy atom. The Balaban J connectivity index is 1.70. The molecule has 0 aliphatic heterocycles. The molecule has 4 rings (SSSR count). The summed E-state index contributed by atoms with van der Waals surface area (Å²) in [6.07, 6.45) is 15.0. The lowest BCUT2D eigenvalue weighted by atomic mass is 9.47. The van der Waals surface area contributed by atoms with Crippen molar-refractivity contribution in [1.82, 2.24) is 0 Å². The normalized spacial score (nSPS) is 54.2. The molecule has 1 heteroatoms. The van der Waals surface area contributed by atoms with Crippen molar-refractivity contribution >= 4 is 5.78 Å². The quantitative estimate of drug-likeness (QED) is 0.581. The van der Waals surface area contributed by atoms with Crippen LogP contribution in [-0.4, -0.2) is 5.78 Å². The molecule has 0 aromatic heterocycles. The summed E-state index contributed by atoms with van der Waals surface area (Å²) in [4.78, 5) is 11.8. The van der Waals surface area contributed by atoms with Gasteiger partial charge in [-0.05, 0) is 66.6 Å². The van der Waals surface area contributed by atoms with Gasteiger partial charge in [-0.2, -0.15) is 0 Å². The van der Waals surface area contributed by atoms with E-state index in [4.69, 9.17) is 0 Å². The van der Waals surface area contributed by atoms with Crippen molar-refractivity contribution in [2.24, 2.45) is 34.5 Å². The first kappa shape index (κ1) is 13.1. The van der Waals surface area contributed by atoms with Gasteiger partial charge in [0.1, 0.15) is 5.78 Å². The lowest BCUT2D eigenvalue weighted by Crippen LogP contribution is -2.50. The number of fused-ring (bicyclic) bond motifs is 5. The molecule has 4 aliphatic rings. The molecule has 0 spiro atoms. The van der Waals surface area contributed by atoms with Crippen LogP contribution >= 0.6 is 0 Å². The molecule has 0 heterocycles. The molecule has 0 amide bonds. The standard InChI is InChI=1S/C19H28O/c1-18-9-3-4-16(18)15-6-5-13-12-14(20)7-11-19(13,2)17(15)8-10-18/h5-6,13,15-17H,3-4,7-12H2,1-2H3/t13?,15-,16-,17-,18-,19-/m0/s1.